The first-order chi connectivity index (χ1) is 13.4. The van der Waals surface area contributed by atoms with Crippen molar-refractivity contribution in [1.82, 2.24) is 15.1 Å². The number of carbonyl (C=O) groups is 1. The molecule has 0 aliphatic heterocycles. The van der Waals surface area contributed by atoms with Gasteiger partial charge < -0.3 is 14.1 Å². The molecule has 1 amide bonds. The van der Waals surface area contributed by atoms with Crippen LogP contribution in [-0.2, 0) is 6.54 Å². The summed E-state index contributed by atoms with van der Waals surface area (Å²) in [5, 5.41) is 8.05. The molecule has 0 saturated heterocycles. The lowest BCUT2D eigenvalue weighted by atomic mass is 10.1. The van der Waals surface area contributed by atoms with E-state index in [1.54, 1.807) is 4.90 Å². The van der Waals surface area contributed by atoms with Crippen LogP contribution in [-0.4, -0.2) is 33.7 Å². The molecule has 0 atom stereocenters. The number of ether oxygens (including phenoxy) is 1. The molecule has 0 bridgehead atoms. The first-order valence-electron chi connectivity index (χ1n) is 8.67. The van der Waals surface area contributed by atoms with Gasteiger partial charge in [-0.15, -0.1) is 10.2 Å². The van der Waals surface area contributed by atoms with E-state index >= 15 is 0 Å². The molecular weight excluding hydrogens is 368 g/mol. The normalized spacial score (nSPS) is 11.1. The molecule has 0 saturated carbocycles. The standard InChI is InChI=1S/C20H19F2N3O3/c1-13(2)25(19(26)15-8-10-16(11-9-15)27-20(21)22)12-17-23-24-18(28-17)14-6-4-3-5-7-14/h3-11,13,20H,12H2,1-2H3. The molecule has 3 rings (SSSR count). The van der Waals surface area contributed by atoms with Crippen molar-refractivity contribution in [2.75, 3.05) is 0 Å². The summed E-state index contributed by atoms with van der Waals surface area (Å²) >= 11 is 0. The number of hydrogen-bond acceptors (Lipinski definition) is 5. The molecular formula is C20H19F2N3O3. The summed E-state index contributed by atoms with van der Waals surface area (Å²) in [6.45, 7) is 0.942. The van der Waals surface area contributed by atoms with Crippen LogP contribution in [0.15, 0.2) is 59.0 Å². The molecule has 28 heavy (non-hydrogen) atoms. The van der Waals surface area contributed by atoms with Crippen molar-refractivity contribution in [1.29, 1.82) is 0 Å². The lowest BCUT2D eigenvalue weighted by molar-refractivity contribution is -0.0498. The average Bonchev–Trinajstić information content (AvgIpc) is 3.15. The van der Waals surface area contributed by atoms with Crippen molar-refractivity contribution in [2.24, 2.45) is 0 Å². The smallest absolute Gasteiger partial charge is 0.387 e. The maximum absolute atomic E-state index is 12.8. The molecule has 6 nitrogen and oxygen atoms in total. The van der Waals surface area contributed by atoms with Gasteiger partial charge in [0, 0.05) is 17.2 Å². The number of nitrogens with zero attached hydrogens (tertiary/aromatic N) is 3. The van der Waals surface area contributed by atoms with Crippen molar-refractivity contribution >= 4 is 5.91 Å². The molecule has 8 heteroatoms. The fourth-order valence-corrected chi connectivity index (χ4v) is 2.59. The van der Waals surface area contributed by atoms with Gasteiger partial charge in [0.2, 0.25) is 11.8 Å². The monoisotopic (exact) mass is 387 g/mol. The van der Waals surface area contributed by atoms with Crippen LogP contribution in [0.5, 0.6) is 5.75 Å². The van der Waals surface area contributed by atoms with Gasteiger partial charge in [0.05, 0.1) is 6.54 Å². The van der Waals surface area contributed by atoms with Gasteiger partial charge in [-0.25, -0.2) is 0 Å². The highest BCUT2D eigenvalue weighted by molar-refractivity contribution is 5.94. The number of halogens is 2. The quantitative estimate of drug-likeness (QED) is 0.601. The van der Waals surface area contributed by atoms with Gasteiger partial charge in [-0.3, -0.25) is 4.79 Å². The van der Waals surface area contributed by atoms with Gasteiger partial charge >= 0.3 is 6.61 Å². The Morgan fingerprint density at radius 2 is 1.75 bits per heavy atom. The van der Waals surface area contributed by atoms with Gasteiger partial charge in [0.15, 0.2) is 0 Å². The van der Waals surface area contributed by atoms with Crippen LogP contribution in [0.25, 0.3) is 11.5 Å². The van der Waals surface area contributed by atoms with Gasteiger partial charge in [-0.1, -0.05) is 18.2 Å². The van der Waals surface area contributed by atoms with Crippen LogP contribution in [0.1, 0.15) is 30.1 Å². The number of alkyl halides is 2. The fraction of sp³-hybridized carbons (Fsp3) is 0.250. The molecule has 0 unspecified atom stereocenters. The highest BCUT2D eigenvalue weighted by Crippen LogP contribution is 2.20. The van der Waals surface area contributed by atoms with E-state index in [2.05, 4.69) is 14.9 Å². The number of benzene rings is 2. The highest BCUT2D eigenvalue weighted by atomic mass is 19.3. The Morgan fingerprint density at radius 3 is 2.36 bits per heavy atom. The molecule has 0 aliphatic rings. The van der Waals surface area contributed by atoms with Gasteiger partial charge in [0.25, 0.3) is 5.91 Å². The van der Waals surface area contributed by atoms with Crippen molar-refractivity contribution < 1.29 is 22.7 Å². The minimum Gasteiger partial charge on any atom is -0.435 e. The van der Waals surface area contributed by atoms with E-state index in [4.69, 9.17) is 4.42 Å². The third-order valence-corrected chi connectivity index (χ3v) is 4.00. The maximum atomic E-state index is 12.8. The number of rotatable bonds is 7. The summed E-state index contributed by atoms with van der Waals surface area (Å²) in [6, 6.07) is 14.7. The average molecular weight is 387 g/mol. The summed E-state index contributed by atoms with van der Waals surface area (Å²) in [5.74, 6) is 0.393. The van der Waals surface area contributed by atoms with Crippen LogP contribution < -0.4 is 4.74 Å². The van der Waals surface area contributed by atoms with E-state index < -0.39 is 6.61 Å². The first kappa shape index (κ1) is 19.5. The molecule has 1 aromatic heterocycles. The topological polar surface area (TPSA) is 68.5 Å². The second-order valence-electron chi connectivity index (χ2n) is 6.30. The molecule has 0 spiro atoms. The largest absolute Gasteiger partial charge is 0.435 e. The lowest BCUT2D eigenvalue weighted by Crippen LogP contribution is -2.36. The van der Waals surface area contributed by atoms with Crippen molar-refractivity contribution in [3.05, 3.63) is 66.1 Å². The minimum absolute atomic E-state index is 0.00736. The predicted octanol–water partition coefficient (Wildman–Crippen LogP) is 4.39. The Kier molecular flexibility index (Phi) is 5.98. The van der Waals surface area contributed by atoms with E-state index in [0.29, 0.717) is 17.3 Å². The van der Waals surface area contributed by atoms with E-state index in [-0.39, 0.29) is 24.2 Å². The van der Waals surface area contributed by atoms with Crippen LogP contribution >= 0.6 is 0 Å². The summed E-state index contributed by atoms with van der Waals surface area (Å²) in [4.78, 5) is 14.4. The second kappa shape index (κ2) is 8.60. The molecule has 1 heterocycles. The number of amides is 1. The predicted molar refractivity (Wildman–Crippen MR) is 97.8 cm³/mol. The summed E-state index contributed by atoms with van der Waals surface area (Å²) in [7, 11) is 0. The zero-order chi connectivity index (χ0) is 20.1. The molecule has 146 valence electrons. The summed E-state index contributed by atoms with van der Waals surface area (Å²) in [6.07, 6.45) is 0. The molecule has 2 aromatic carbocycles. The van der Waals surface area contributed by atoms with Gasteiger partial charge in [0.1, 0.15) is 5.75 Å². The Labute approximate surface area is 160 Å². The minimum atomic E-state index is -2.91. The van der Waals surface area contributed by atoms with Crippen molar-refractivity contribution in [3.63, 3.8) is 0 Å². The molecule has 0 N–H and O–H groups in total. The van der Waals surface area contributed by atoms with E-state index in [1.165, 1.54) is 24.3 Å². The second-order valence-corrected chi connectivity index (χ2v) is 6.30. The highest BCUT2D eigenvalue weighted by Gasteiger charge is 2.22. The van der Waals surface area contributed by atoms with Crippen molar-refractivity contribution in [2.45, 2.75) is 33.0 Å². The molecule has 0 aliphatic carbocycles. The third-order valence-electron chi connectivity index (χ3n) is 4.00. The number of carbonyl (C=O) groups excluding carboxylic acids is 1. The SMILES string of the molecule is CC(C)N(Cc1nnc(-c2ccccc2)o1)C(=O)c1ccc(OC(F)F)cc1. The zero-order valence-electron chi connectivity index (χ0n) is 15.4. The van der Waals surface area contributed by atoms with E-state index in [1.807, 2.05) is 44.2 Å². The summed E-state index contributed by atoms with van der Waals surface area (Å²) < 4.78 is 34.5. The fourth-order valence-electron chi connectivity index (χ4n) is 2.59. The zero-order valence-corrected chi connectivity index (χ0v) is 15.4. The van der Waals surface area contributed by atoms with Crippen LogP contribution in [0.4, 0.5) is 8.78 Å². The third kappa shape index (κ3) is 4.70. The Balaban J connectivity index is 1.75. The van der Waals surface area contributed by atoms with Crippen LogP contribution in [0, 0.1) is 0 Å². The lowest BCUT2D eigenvalue weighted by Gasteiger charge is -2.25. The summed E-state index contributed by atoms with van der Waals surface area (Å²) in [5.41, 5.74) is 1.14. The maximum Gasteiger partial charge on any atom is 0.387 e. The van der Waals surface area contributed by atoms with Crippen molar-refractivity contribution in [3.8, 4) is 17.2 Å². The Morgan fingerprint density at radius 1 is 1.07 bits per heavy atom. The van der Waals surface area contributed by atoms with Gasteiger partial charge in [-0.2, -0.15) is 8.78 Å². The Hall–Kier alpha value is -3.29. The Bertz CT molecular complexity index is 912. The molecule has 3 aromatic rings. The molecule has 0 fully saturated rings. The number of aromatic nitrogens is 2. The van der Waals surface area contributed by atoms with E-state index in [9.17, 15) is 13.6 Å². The number of hydrogen-bond donors (Lipinski definition) is 0. The van der Waals surface area contributed by atoms with E-state index in [0.717, 1.165) is 5.56 Å². The van der Waals surface area contributed by atoms with Gasteiger partial charge in [-0.05, 0) is 50.2 Å². The van der Waals surface area contributed by atoms with Crippen LogP contribution in [0.2, 0.25) is 0 Å². The first-order valence-corrected chi connectivity index (χ1v) is 8.67. The van der Waals surface area contributed by atoms with Crippen LogP contribution in [0.3, 0.4) is 0 Å². The molecule has 0 radical (unpaired) electrons.